The lowest BCUT2D eigenvalue weighted by atomic mass is 9.86. The monoisotopic (exact) mass is 422 g/mol. The van der Waals surface area contributed by atoms with E-state index in [4.69, 9.17) is 0 Å². The van der Waals surface area contributed by atoms with Crippen LogP contribution in [0, 0.1) is 0 Å². The van der Waals surface area contributed by atoms with E-state index in [0.717, 1.165) is 24.0 Å². The molecule has 4 heteroatoms. The summed E-state index contributed by atoms with van der Waals surface area (Å²) in [7, 11) is 0. The van der Waals surface area contributed by atoms with Gasteiger partial charge in [-0.1, -0.05) is 88.7 Å². The number of hydrogen-bond acceptors (Lipinski definition) is 2. The van der Waals surface area contributed by atoms with Gasteiger partial charge in [0.2, 0.25) is 11.8 Å². The Morgan fingerprint density at radius 2 is 1.61 bits per heavy atom. The van der Waals surface area contributed by atoms with Crippen molar-refractivity contribution in [2.75, 3.05) is 6.54 Å². The average molecular weight is 423 g/mol. The molecule has 2 rings (SSSR count). The van der Waals surface area contributed by atoms with Gasteiger partial charge in [-0.15, -0.1) is 0 Å². The van der Waals surface area contributed by atoms with Crippen LogP contribution in [0.15, 0.2) is 54.6 Å². The summed E-state index contributed by atoms with van der Waals surface area (Å²) in [5, 5.41) is 2.97. The number of unbranched alkanes of at least 4 members (excludes halogenated alkanes) is 1. The summed E-state index contributed by atoms with van der Waals surface area (Å²) < 4.78 is 0. The minimum atomic E-state index is -0.507. The maximum Gasteiger partial charge on any atom is 0.242 e. The third-order valence-electron chi connectivity index (χ3n) is 5.64. The quantitative estimate of drug-likeness (QED) is 0.532. The minimum Gasteiger partial charge on any atom is -0.354 e. The topological polar surface area (TPSA) is 49.4 Å². The SMILES string of the molecule is CCCCNC(=O)[C@H](C)N(Cc1ccccc1)C(=O)CCc1ccc(C(C)(C)C)cc1. The highest BCUT2D eigenvalue weighted by atomic mass is 16.2. The number of hydrogen-bond donors (Lipinski definition) is 1. The highest BCUT2D eigenvalue weighted by Crippen LogP contribution is 2.22. The normalized spacial score (nSPS) is 12.3. The molecule has 2 aromatic rings. The van der Waals surface area contributed by atoms with E-state index in [1.807, 2.05) is 37.3 Å². The zero-order chi connectivity index (χ0) is 22.9. The van der Waals surface area contributed by atoms with Crippen LogP contribution in [0.4, 0.5) is 0 Å². The Hall–Kier alpha value is -2.62. The van der Waals surface area contributed by atoms with Gasteiger partial charge in [-0.3, -0.25) is 9.59 Å². The molecule has 1 N–H and O–H groups in total. The molecule has 0 saturated carbocycles. The van der Waals surface area contributed by atoms with E-state index >= 15 is 0 Å². The van der Waals surface area contributed by atoms with Crippen molar-refractivity contribution in [3.63, 3.8) is 0 Å². The molecule has 31 heavy (non-hydrogen) atoms. The lowest BCUT2D eigenvalue weighted by molar-refractivity contribution is -0.140. The molecule has 0 aliphatic carbocycles. The van der Waals surface area contributed by atoms with E-state index in [1.54, 1.807) is 4.90 Å². The number of nitrogens with one attached hydrogen (secondary N) is 1. The Morgan fingerprint density at radius 1 is 0.968 bits per heavy atom. The van der Waals surface area contributed by atoms with Gasteiger partial charge in [0.05, 0.1) is 0 Å². The molecule has 168 valence electrons. The Bertz CT molecular complexity index is 823. The van der Waals surface area contributed by atoms with Crippen LogP contribution in [0.25, 0.3) is 0 Å². The summed E-state index contributed by atoms with van der Waals surface area (Å²) in [4.78, 5) is 27.5. The Balaban J connectivity index is 2.07. The van der Waals surface area contributed by atoms with Crippen molar-refractivity contribution >= 4 is 11.8 Å². The van der Waals surface area contributed by atoms with Crippen molar-refractivity contribution in [3.05, 3.63) is 71.3 Å². The second-order valence-corrected chi connectivity index (χ2v) is 9.27. The molecule has 1 atom stereocenters. The first kappa shape index (κ1) is 24.6. The van der Waals surface area contributed by atoms with Crippen molar-refractivity contribution in [3.8, 4) is 0 Å². The fraction of sp³-hybridized carbons (Fsp3) is 0.481. The van der Waals surface area contributed by atoms with E-state index in [-0.39, 0.29) is 17.2 Å². The maximum atomic E-state index is 13.2. The predicted octanol–water partition coefficient (Wildman–Crippen LogP) is 5.25. The number of carbonyl (C=O) groups is 2. The standard InChI is InChI=1S/C27H38N2O2/c1-6-7-19-28-26(31)21(2)29(20-23-11-9-8-10-12-23)25(30)18-15-22-13-16-24(17-14-22)27(3,4)5/h8-14,16-17,21H,6-7,15,18-20H2,1-5H3,(H,28,31)/t21-/m0/s1. The number of nitrogens with zero attached hydrogens (tertiary/aromatic N) is 1. The predicted molar refractivity (Wildman–Crippen MR) is 128 cm³/mol. The van der Waals surface area contributed by atoms with Crippen LogP contribution in [0.3, 0.4) is 0 Å². The van der Waals surface area contributed by atoms with Gasteiger partial charge in [-0.05, 0) is 41.9 Å². The van der Waals surface area contributed by atoms with Crippen molar-refractivity contribution < 1.29 is 9.59 Å². The molecule has 0 aromatic heterocycles. The fourth-order valence-electron chi connectivity index (χ4n) is 3.47. The van der Waals surface area contributed by atoms with Crippen LogP contribution in [0.1, 0.15) is 70.6 Å². The molecule has 0 radical (unpaired) electrons. The van der Waals surface area contributed by atoms with Gasteiger partial charge in [0.15, 0.2) is 0 Å². The molecule has 0 unspecified atom stereocenters. The van der Waals surface area contributed by atoms with Gasteiger partial charge in [-0.25, -0.2) is 0 Å². The molecule has 0 aliphatic rings. The summed E-state index contributed by atoms with van der Waals surface area (Å²) in [5.74, 6) is -0.0887. The first-order valence-corrected chi connectivity index (χ1v) is 11.4. The smallest absolute Gasteiger partial charge is 0.242 e. The second kappa shape index (κ2) is 11.7. The Labute approximate surface area is 188 Å². The lowest BCUT2D eigenvalue weighted by Crippen LogP contribution is -2.47. The molecule has 0 fully saturated rings. The molecular weight excluding hydrogens is 384 g/mol. The molecule has 2 aromatic carbocycles. The van der Waals surface area contributed by atoms with Gasteiger partial charge in [0.25, 0.3) is 0 Å². The van der Waals surface area contributed by atoms with Gasteiger partial charge in [-0.2, -0.15) is 0 Å². The molecule has 4 nitrogen and oxygen atoms in total. The van der Waals surface area contributed by atoms with Crippen LogP contribution in [-0.4, -0.2) is 29.3 Å². The van der Waals surface area contributed by atoms with Crippen LogP contribution >= 0.6 is 0 Å². The zero-order valence-corrected chi connectivity index (χ0v) is 19.8. The number of aryl methyl sites for hydroxylation is 1. The summed E-state index contributed by atoms with van der Waals surface area (Å²) >= 11 is 0. The van der Waals surface area contributed by atoms with Gasteiger partial charge in [0.1, 0.15) is 6.04 Å². The number of carbonyl (C=O) groups excluding carboxylic acids is 2. The molecule has 0 bridgehead atoms. The molecule has 0 saturated heterocycles. The molecule has 0 spiro atoms. The van der Waals surface area contributed by atoms with Crippen molar-refractivity contribution in [1.29, 1.82) is 0 Å². The third-order valence-corrected chi connectivity index (χ3v) is 5.64. The van der Waals surface area contributed by atoms with E-state index in [2.05, 4.69) is 57.3 Å². The summed E-state index contributed by atoms with van der Waals surface area (Å²) in [6.07, 6.45) is 3.01. The molecule has 0 aliphatic heterocycles. The van der Waals surface area contributed by atoms with Crippen LogP contribution in [0.5, 0.6) is 0 Å². The van der Waals surface area contributed by atoms with Gasteiger partial charge >= 0.3 is 0 Å². The summed E-state index contributed by atoms with van der Waals surface area (Å²) in [6, 6.07) is 17.9. The zero-order valence-electron chi connectivity index (χ0n) is 19.8. The van der Waals surface area contributed by atoms with Crippen LogP contribution in [0.2, 0.25) is 0 Å². The van der Waals surface area contributed by atoms with Crippen LogP contribution < -0.4 is 5.32 Å². The van der Waals surface area contributed by atoms with E-state index in [0.29, 0.717) is 25.9 Å². The van der Waals surface area contributed by atoms with E-state index in [9.17, 15) is 9.59 Å². The highest BCUT2D eigenvalue weighted by Gasteiger charge is 2.25. The molecule has 2 amide bonds. The van der Waals surface area contributed by atoms with Crippen molar-refractivity contribution in [2.24, 2.45) is 0 Å². The lowest BCUT2D eigenvalue weighted by Gasteiger charge is -2.29. The highest BCUT2D eigenvalue weighted by molar-refractivity contribution is 5.87. The van der Waals surface area contributed by atoms with Crippen LogP contribution in [-0.2, 0) is 28.0 Å². The third kappa shape index (κ3) is 7.86. The minimum absolute atomic E-state index is 0.00175. The maximum absolute atomic E-state index is 13.2. The second-order valence-electron chi connectivity index (χ2n) is 9.27. The summed E-state index contributed by atoms with van der Waals surface area (Å²) in [5.41, 5.74) is 3.56. The summed E-state index contributed by atoms with van der Waals surface area (Å²) in [6.45, 7) is 11.6. The number of rotatable bonds is 10. The number of benzene rings is 2. The molecule has 0 heterocycles. The van der Waals surface area contributed by atoms with Gasteiger partial charge in [0, 0.05) is 19.5 Å². The first-order valence-electron chi connectivity index (χ1n) is 11.4. The largest absolute Gasteiger partial charge is 0.354 e. The average Bonchev–Trinajstić information content (AvgIpc) is 2.76. The fourth-order valence-corrected chi connectivity index (χ4v) is 3.47. The number of amides is 2. The Kier molecular flexibility index (Phi) is 9.29. The van der Waals surface area contributed by atoms with Crippen molar-refractivity contribution in [1.82, 2.24) is 10.2 Å². The molecular formula is C27H38N2O2. The Morgan fingerprint density at radius 3 is 2.19 bits per heavy atom. The van der Waals surface area contributed by atoms with Crippen molar-refractivity contribution in [2.45, 2.75) is 78.3 Å². The van der Waals surface area contributed by atoms with E-state index < -0.39 is 6.04 Å². The van der Waals surface area contributed by atoms with Gasteiger partial charge < -0.3 is 10.2 Å². The van der Waals surface area contributed by atoms with E-state index in [1.165, 1.54) is 5.56 Å². The first-order chi connectivity index (χ1) is 14.7.